The van der Waals surface area contributed by atoms with Gasteiger partial charge in [-0.25, -0.2) is 0 Å². The first-order valence-corrected chi connectivity index (χ1v) is 7.09. The van der Waals surface area contributed by atoms with E-state index in [0.29, 0.717) is 22.8 Å². The molecule has 0 aliphatic rings. The number of hydrogen-bond donors (Lipinski definition) is 2. The summed E-state index contributed by atoms with van der Waals surface area (Å²) >= 11 is 7.81. The van der Waals surface area contributed by atoms with Crippen LogP contribution in [0.15, 0.2) is 18.2 Å². The molecule has 0 heterocycles. The molecular formula is C12H17ClN2OS. The maximum Gasteiger partial charge on any atom is 0.252 e. The summed E-state index contributed by atoms with van der Waals surface area (Å²) in [6.07, 6.45) is 0.969. The number of nitrogens with one attached hydrogen (secondary N) is 1. The smallest absolute Gasteiger partial charge is 0.252 e. The Hall–Kier alpha value is -0.870. The Balaban J connectivity index is 2.42. The summed E-state index contributed by atoms with van der Waals surface area (Å²) in [4.78, 5) is 11.8. The number of anilines is 1. The van der Waals surface area contributed by atoms with Crippen LogP contribution in [-0.2, 0) is 0 Å². The molecule has 1 rings (SSSR count). The molecule has 94 valence electrons. The molecule has 1 amide bonds. The van der Waals surface area contributed by atoms with E-state index in [0.717, 1.165) is 17.9 Å². The minimum atomic E-state index is -0.142. The normalized spacial score (nSPS) is 10.2. The first-order valence-electron chi connectivity index (χ1n) is 5.56. The van der Waals surface area contributed by atoms with Gasteiger partial charge in [0, 0.05) is 12.2 Å². The molecule has 0 saturated heterocycles. The zero-order valence-electron chi connectivity index (χ0n) is 9.83. The highest BCUT2D eigenvalue weighted by molar-refractivity contribution is 7.99. The number of carbonyl (C=O) groups excluding carboxylic acids is 1. The van der Waals surface area contributed by atoms with E-state index in [2.05, 4.69) is 12.2 Å². The number of nitrogen functional groups attached to an aromatic ring is 1. The van der Waals surface area contributed by atoms with Crippen molar-refractivity contribution in [1.82, 2.24) is 5.32 Å². The highest BCUT2D eigenvalue weighted by atomic mass is 35.5. The van der Waals surface area contributed by atoms with Crippen molar-refractivity contribution in [3.63, 3.8) is 0 Å². The summed E-state index contributed by atoms with van der Waals surface area (Å²) in [7, 11) is 0. The van der Waals surface area contributed by atoms with Gasteiger partial charge in [0.2, 0.25) is 0 Å². The molecule has 0 fully saturated rings. The van der Waals surface area contributed by atoms with Crippen LogP contribution in [0.2, 0.25) is 5.02 Å². The number of amides is 1. The van der Waals surface area contributed by atoms with E-state index in [4.69, 9.17) is 17.3 Å². The van der Waals surface area contributed by atoms with Gasteiger partial charge in [-0.3, -0.25) is 4.79 Å². The maximum atomic E-state index is 11.8. The SMILES string of the molecule is CCSCCCNC(=O)c1ccc(N)cc1Cl. The molecule has 0 aromatic heterocycles. The highest BCUT2D eigenvalue weighted by Crippen LogP contribution is 2.18. The quantitative estimate of drug-likeness (QED) is 0.618. The fraction of sp³-hybridized carbons (Fsp3) is 0.417. The largest absolute Gasteiger partial charge is 0.399 e. The highest BCUT2D eigenvalue weighted by Gasteiger charge is 2.09. The van der Waals surface area contributed by atoms with Crippen molar-refractivity contribution in [3.8, 4) is 0 Å². The Morgan fingerprint density at radius 1 is 1.53 bits per heavy atom. The van der Waals surface area contributed by atoms with Gasteiger partial charge in [-0.1, -0.05) is 18.5 Å². The molecule has 0 bridgehead atoms. The lowest BCUT2D eigenvalue weighted by Crippen LogP contribution is -2.25. The predicted molar refractivity (Wildman–Crippen MR) is 75.8 cm³/mol. The van der Waals surface area contributed by atoms with Crippen molar-refractivity contribution >= 4 is 35.0 Å². The summed E-state index contributed by atoms with van der Waals surface area (Å²) in [6, 6.07) is 4.91. The Kier molecular flexibility index (Phi) is 6.22. The predicted octanol–water partition coefficient (Wildman–Crippen LogP) is 2.80. The van der Waals surface area contributed by atoms with Crippen molar-refractivity contribution in [2.24, 2.45) is 0 Å². The lowest BCUT2D eigenvalue weighted by molar-refractivity contribution is 0.0954. The van der Waals surface area contributed by atoms with Crippen LogP contribution >= 0.6 is 23.4 Å². The summed E-state index contributed by atoms with van der Waals surface area (Å²) in [6.45, 7) is 2.80. The van der Waals surface area contributed by atoms with Gasteiger partial charge >= 0.3 is 0 Å². The Labute approximate surface area is 111 Å². The second kappa shape index (κ2) is 7.45. The number of thioether (sulfide) groups is 1. The van der Waals surface area contributed by atoms with Crippen LogP contribution in [0.5, 0.6) is 0 Å². The number of hydrogen-bond acceptors (Lipinski definition) is 3. The van der Waals surface area contributed by atoms with Gasteiger partial charge in [-0.2, -0.15) is 11.8 Å². The van der Waals surface area contributed by atoms with Crippen LogP contribution < -0.4 is 11.1 Å². The van der Waals surface area contributed by atoms with Crippen LogP contribution in [-0.4, -0.2) is 24.0 Å². The second-order valence-electron chi connectivity index (χ2n) is 3.55. The minimum absolute atomic E-state index is 0.142. The zero-order chi connectivity index (χ0) is 12.7. The first-order chi connectivity index (χ1) is 8.15. The number of nitrogens with two attached hydrogens (primary N) is 1. The van der Waals surface area contributed by atoms with Crippen LogP contribution in [0.4, 0.5) is 5.69 Å². The van der Waals surface area contributed by atoms with Crippen LogP contribution in [0.1, 0.15) is 23.7 Å². The van der Waals surface area contributed by atoms with E-state index < -0.39 is 0 Å². The second-order valence-corrected chi connectivity index (χ2v) is 5.35. The third-order valence-corrected chi connectivity index (χ3v) is 3.49. The van der Waals surface area contributed by atoms with E-state index in [1.54, 1.807) is 18.2 Å². The van der Waals surface area contributed by atoms with Gasteiger partial charge in [0.15, 0.2) is 0 Å². The van der Waals surface area contributed by atoms with E-state index in [-0.39, 0.29) is 5.91 Å². The van der Waals surface area contributed by atoms with E-state index in [1.807, 2.05) is 11.8 Å². The van der Waals surface area contributed by atoms with Crippen molar-refractivity contribution in [1.29, 1.82) is 0 Å². The average Bonchev–Trinajstić information content (AvgIpc) is 2.28. The molecule has 5 heteroatoms. The van der Waals surface area contributed by atoms with Gasteiger partial charge in [0.1, 0.15) is 0 Å². The van der Waals surface area contributed by atoms with Crippen molar-refractivity contribution < 1.29 is 4.79 Å². The molecule has 0 saturated carbocycles. The molecule has 0 unspecified atom stereocenters. The number of halogens is 1. The molecular weight excluding hydrogens is 256 g/mol. The molecule has 0 radical (unpaired) electrons. The van der Waals surface area contributed by atoms with Crippen molar-refractivity contribution in [2.45, 2.75) is 13.3 Å². The Morgan fingerprint density at radius 3 is 2.94 bits per heavy atom. The number of benzene rings is 1. The Bertz CT molecular complexity index is 385. The molecule has 17 heavy (non-hydrogen) atoms. The monoisotopic (exact) mass is 272 g/mol. The van der Waals surface area contributed by atoms with Crippen LogP contribution in [0, 0.1) is 0 Å². The molecule has 0 spiro atoms. The third kappa shape index (κ3) is 4.88. The van der Waals surface area contributed by atoms with E-state index in [9.17, 15) is 4.79 Å². The standard InChI is InChI=1S/C12H17ClN2OS/c1-2-17-7-3-6-15-12(16)10-5-4-9(14)8-11(10)13/h4-5,8H,2-3,6-7,14H2,1H3,(H,15,16). The molecule has 1 aromatic carbocycles. The number of carbonyl (C=O) groups is 1. The van der Waals surface area contributed by atoms with Gasteiger partial charge in [-0.15, -0.1) is 0 Å². The molecule has 3 nitrogen and oxygen atoms in total. The van der Waals surface area contributed by atoms with Crippen LogP contribution in [0.25, 0.3) is 0 Å². The Morgan fingerprint density at radius 2 is 2.29 bits per heavy atom. The first kappa shape index (κ1) is 14.2. The fourth-order valence-corrected chi connectivity index (χ4v) is 2.24. The fourth-order valence-electron chi connectivity index (χ4n) is 1.33. The van der Waals surface area contributed by atoms with E-state index in [1.165, 1.54) is 0 Å². The minimum Gasteiger partial charge on any atom is -0.399 e. The van der Waals surface area contributed by atoms with Crippen molar-refractivity contribution in [2.75, 3.05) is 23.8 Å². The van der Waals surface area contributed by atoms with Crippen molar-refractivity contribution in [3.05, 3.63) is 28.8 Å². The molecule has 0 aliphatic carbocycles. The molecule has 0 aliphatic heterocycles. The molecule has 3 N–H and O–H groups in total. The van der Waals surface area contributed by atoms with Gasteiger partial charge in [0.25, 0.3) is 5.91 Å². The maximum absolute atomic E-state index is 11.8. The molecule has 1 aromatic rings. The third-order valence-electron chi connectivity index (χ3n) is 2.19. The molecule has 0 atom stereocenters. The summed E-state index contributed by atoms with van der Waals surface area (Å²) < 4.78 is 0. The lowest BCUT2D eigenvalue weighted by atomic mass is 10.2. The summed E-state index contributed by atoms with van der Waals surface area (Å²) in [5.41, 5.74) is 6.60. The summed E-state index contributed by atoms with van der Waals surface area (Å²) in [5, 5.41) is 3.23. The van der Waals surface area contributed by atoms with Gasteiger partial charge in [-0.05, 0) is 36.1 Å². The lowest BCUT2D eigenvalue weighted by Gasteiger charge is -2.07. The van der Waals surface area contributed by atoms with Gasteiger partial charge in [0.05, 0.1) is 10.6 Å². The average molecular weight is 273 g/mol. The van der Waals surface area contributed by atoms with E-state index >= 15 is 0 Å². The zero-order valence-corrected chi connectivity index (χ0v) is 11.4. The summed E-state index contributed by atoms with van der Waals surface area (Å²) in [5.74, 6) is 2.03. The number of rotatable bonds is 6. The van der Waals surface area contributed by atoms with Crippen LogP contribution in [0.3, 0.4) is 0 Å². The topological polar surface area (TPSA) is 55.1 Å². The van der Waals surface area contributed by atoms with Gasteiger partial charge < -0.3 is 11.1 Å².